The topological polar surface area (TPSA) is 17.1 Å². The molecule has 0 aromatic heterocycles. The van der Waals surface area contributed by atoms with Gasteiger partial charge in [-0.05, 0) is 0 Å². The van der Waals surface area contributed by atoms with Gasteiger partial charge in [0.1, 0.15) is 0 Å². The van der Waals surface area contributed by atoms with Gasteiger partial charge in [-0.2, -0.15) is 8.78 Å². The highest BCUT2D eigenvalue weighted by Gasteiger charge is 2.40. The minimum Gasteiger partial charge on any atom is -0.287 e. The summed E-state index contributed by atoms with van der Waals surface area (Å²) in [5.41, 5.74) is -0.268. The lowest BCUT2D eigenvalue weighted by molar-refractivity contribution is 0.00743. The summed E-state index contributed by atoms with van der Waals surface area (Å²) in [6.45, 7) is 0. The number of carbonyl (C=O) groups is 1. The average molecular weight is 234 g/mol. The molecule has 0 amide bonds. The first-order valence-corrected chi connectivity index (χ1v) is 5.15. The molecular formula is C14H10F2O. The molecule has 0 aliphatic rings. The fourth-order valence-electron chi connectivity index (χ4n) is 1.55. The largest absolute Gasteiger partial charge is 0.334 e. The predicted octanol–water partition coefficient (Wildman–Crippen LogP) is 3.66. The standard InChI is InChI=1S/C14H10F2O/c15-14(16,12-9-5-2-6-10-12)13(17)11-7-3-1-4-8-11/h1-10H/i17+2. The van der Waals surface area contributed by atoms with Gasteiger partial charge in [-0.1, -0.05) is 60.7 Å². The van der Waals surface area contributed by atoms with Gasteiger partial charge in [-0.3, -0.25) is 4.79 Å². The molecule has 0 bridgehead atoms. The molecular weight excluding hydrogens is 224 g/mol. The number of rotatable bonds is 3. The monoisotopic (exact) mass is 234 g/mol. The number of benzene rings is 2. The van der Waals surface area contributed by atoms with Crippen molar-refractivity contribution in [1.82, 2.24) is 0 Å². The summed E-state index contributed by atoms with van der Waals surface area (Å²) in [7, 11) is 0. The van der Waals surface area contributed by atoms with Gasteiger partial charge in [0.2, 0.25) is 5.78 Å². The first kappa shape index (κ1) is 11.5. The molecule has 0 aliphatic carbocycles. The van der Waals surface area contributed by atoms with Crippen molar-refractivity contribution in [3.63, 3.8) is 0 Å². The lowest BCUT2D eigenvalue weighted by atomic mass is 9.99. The van der Waals surface area contributed by atoms with Crippen LogP contribution in [0.2, 0.25) is 0 Å². The maximum Gasteiger partial charge on any atom is 0.334 e. The van der Waals surface area contributed by atoms with Crippen molar-refractivity contribution in [2.75, 3.05) is 0 Å². The maximum atomic E-state index is 13.9. The summed E-state index contributed by atoms with van der Waals surface area (Å²) in [6.07, 6.45) is 0. The quantitative estimate of drug-likeness (QED) is 0.585. The van der Waals surface area contributed by atoms with E-state index in [9.17, 15) is 13.6 Å². The van der Waals surface area contributed by atoms with Crippen LogP contribution in [0, 0.1) is 0 Å². The normalized spacial score (nSPS) is 11.2. The molecule has 1 nitrogen and oxygen atoms in total. The van der Waals surface area contributed by atoms with Crippen LogP contribution in [0.3, 0.4) is 0 Å². The molecule has 0 saturated carbocycles. The molecule has 2 rings (SSSR count). The van der Waals surface area contributed by atoms with E-state index < -0.39 is 11.7 Å². The van der Waals surface area contributed by atoms with E-state index in [1.165, 1.54) is 36.4 Å². The molecule has 0 unspecified atom stereocenters. The number of ketones is 1. The van der Waals surface area contributed by atoms with Crippen molar-refractivity contribution in [3.05, 3.63) is 71.8 Å². The van der Waals surface area contributed by atoms with Crippen LogP contribution in [-0.2, 0) is 5.92 Å². The summed E-state index contributed by atoms with van der Waals surface area (Å²) in [5, 5.41) is 0. The van der Waals surface area contributed by atoms with Crippen LogP contribution in [-0.4, -0.2) is 5.78 Å². The van der Waals surface area contributed by atoms with Gasteiger partial charge in [0.05, 0.1) is 0 Å². The van der Waals surface area contributed by atoms with Gasteiger partial charge < -0.3 is 0 Å². The molecule has 0 N–H and O–H groups in total. The molecule has 0 heterocycles. The first-order valence-electron chi connectivity index (χ1n) is 5.15. The minimum atomic E-state index is -3.48. The van der Waals surface area contributed by atoms with Crippen LogP contribution in [0.15, 0.2) is 60.7 Å². The average Bonchev–Trinajstić information content (AvgIpc) is 2.40. The zero-order valence-electron chi connectivity index (χ0n) is 8.94. The Kier molecular flexibility index (Phi) is 3.00. The molecule has 0 fully saturated rings. The number of hydrogen-bond donors (Lipinski definition) is 0. The molecule has 0 aliphatic heterocycles. The van der Waals surface area contributed by atoms with Crippen LogP contribution in [0.4, 0.5) is 8.78 Å². The molecule has 3 heteroatoms. The van der Waals surface area contributed by atoms with Crippen molar-refractivity contribution < 1.29 is 13.6 Å². The van der Waals surface area contributed by atoms with Gasteiger partial charge in [0, 0.05) is 11.1 Å². The Morgan fingerprint density at radius 3 is 1.82 bits per heavy atom. The van der Waals surface area contributed by atoms with Gasteiger partial charge in [-0.15, -0.1) is 0 Å². The van der Waals surface area contributed by atoms with E-state index in [0.717, 1.165) is 0 Å². The number of hydrogen-bond acceptors (Lipinski definition) is 1. The van der Waals surface area contributed by atoms with Crippen molar-refractivity contribution in [2.24, 2.45) is 0 Å². The molecule has 2 aromatic rings. The summed E-state index contributed by atoms with van der Waals surface area (Å²) in [5.74, 6) is -4.66. The van der Waals surface area contributed by atoms with Crippen LogP contribution in [0.1, 0.15) is 15.9 Å². The zero-order chi connectivity index (χ0) is 12.3. The van der Waals surface area contributed by atoms with E-state index in [4.69, 9.17) is 0 Å². The zero-order valence-corrected chi connectivity index (χ0v) is 8.94. The highest BCUT2D eigenvalue weighted by Crippen LogP contribution is 2.31. The van der Waals surface area contributed by atoms with Crippen molar-refractivity contribution in [3.8, 4) is 0 Å². The van der Waals surface area contributed by atoms with Crippen molar-refractivity contribution >= 4 is 5.78 Å². The van der Waals surface area contributed by atoms with Crippen LogP contribution >= 0.6 is 0 Å². The number of carbonyl (C=O) groups excluding carboxylic acids is 1. The molecule has 0 radical (unpaired) electrons. The van der Waals surface area contributed by atoms with Crippen LogP contribution < -0.4 is 0 Å². The Morgan fingerprint density at radius 1 is 0.824 bits per heavy atom. The highest BCUT2D eigenvalue weighted by molar-refractivity contribution is 6.01. The Morgan fingerprint density at radius 2 is 1.29 bits per heavy atom. The summed E-state index contributed by atoms with van der Waals surface area (Å²) in [6, 6.07) is 14.7. The number of alkyl halides is 2. The number of Topliss-reactive ketones (excluding diaryl/α,β-unsaturated/α-hetero) is 1. The predicted molar refractivity (Wildman–Crippen MR) is 61.1 cm³/mol. The fourth-order valence-corrected chi connectivity index (χ4v) is 1.55. The Labute approximate surface area is 97.7 Å². The van der Waals surface area contributed by atoms with Crippen LogP contribution in [0.25, 0.3) is 0 Å². The van der Waals surface area contributed by atoms with E-state index in [1.54, 1.807) is 24.3 Å². The molecule has 17 heavy (non-hydrogen) atoms. The summed E-state index contributed by atoms with van der Waals surface area (Å²) in [4.78, 5) is 11.7. The van der Waals surface area contributed by atoms with E-state index >= 15 is 0 Å². The summed E-state index contributed by atoms with van der Waals surface area (Å²) < 4.78 is 27.8. The van der Waals surface area contributed by atoms with E-state index in [1.807, 2.05) is 0 Å². The lowest BCUT2D eigenvalue weighted by Gasteiger charge is -2.15. The maximum absolute atomic E-state index is 13.9. The second-order valence-electron chi connectivity index (χ2n) is 3.64. The smallest absolute Gasteiger partial charge is 0.287 e. The second-order valence-corrected chi connectivity index (χ2v) is 3.64. The van der Waals surface area contributed by atoms with E-state index in [-0.39, 0.29) is 11.1 Å². The van der Waals surface area contributed by atoms with E-state index in [2.05, 4.69) is 0 Å². The Hall–Kier alpha value is -2.03. The number of halogens is 2. The SMILES string of the molecule is [18O]=C(c1ccccc1)C(F)(F)c1ccccc1. The van der Waals surface area contributed by atoms with Gasteiger partial charge in [0.25, 0.3) is 0 Å². The third kappa shape index (κ3) is 2.23. The van der Waals surface area contributed by atoms with Crippen molar-refractivity contribution in [1.29, 1.82) is 0 Å². The lowest BCUT2D eigenvalue weighted by Crippen LogP contribution is -2.25. The highest BCUT2D eigenvalue weighted by atomic mass is 19.3. The minimum absolute atomic E-state index is 0.0151. The third-order valence-corrected chi connectivity index (χ3v) is 2.46. The fraction of sp³-hybridized carbons (Fsp3) is 0.0714. The van der Waals surface area contributed by atoms with Gasteiger partial charge >= 0.3 is 5.92 Å². The van der Waals surface area contributed by atoms with Crippen LogP contribution in [0.5, 0.6) is 0 Å². The van der Waals surface area contributed by atoms with Gasteiger partial charge in [0.15, 0.2) is 0 Å². The van der Waals surface area contributed by atoms with Gasteiger partial charge in [-0.25, -0.2) is 0 Å². The molecule has 2 aromatic carbocycles. The molecule has 0 spiro atoms. The second kappa shape index (κ2) is 4.45. The third-order valence-electron chi connectivity index (χ3n) is 2.46. The summed E-state index contributed by atoms with van der Waals surface area (Å²) >= 11 is 0. The molecule has 86 valence electrons. The van der Waals surface area contributed by atoms with E-state index in [0.29, 0.717) is 0 Å². The Bertz CT molecular complexity index is 506. The Balaban J connectivity index is 2.37. The van der Waals surface area contributed by atoms with Crippen molar-refractivity contribution in [2.45, 2.75) is 5.92 Å². The first-order chi connectivity index (χ1) is 8.12. The molecule has 0 atom stereocenters. The molecule has 0 saturated heterocycles.